The van der Waals surface area contributed by atoms with Crippen molar-refractivity contribution >= 4 is 21.5 Å². The molecule has 0 N–H and O–H groups in total. The van der Waals surface area contributed by atoms with Crippen LogP contribution in [0.5, 0.6) is 0 Å². The Morgan fingerprint density at radius 1 is 0.857 bits per heavy atom. The molecule has 0 aromatic heterocycles. The molecule has 3 nitrogen and oxygen atoms in total. The molecule has 0 aliphatic carbocycles. The minimum absolute atomic E-state index is 0.0843. The zero-order chi connectivity index (χ0) is 20.1. The predicted molar refractivity (Wildman–Crippen MR) is 109 cm³/mol. The lowest BCUT2D eigenvalue weighted by Gasteiger charge is -2.16. The van der Waals surface area contributed by atoms with Gasteiger partial charge in [-0.15, -0.1) is 0 Å². The molecule has 3 aromatic carbocycles. The second kappa shape index (κ2) is 8.40. The summed E-state index contributed by atoms with van der Waals surface area (Å²) < 4.78 is 44.8. The summed E-state index contributed by atoms with van der Waals surface area (Å²) in [5.74, 6) is -0.107. The molecule has 0 saturated carbocycles. The van der Waals surface area contributed by atoms with Crippen LogP contribution in [0.15, 0.2) is 83.8 Å². The van der Waals surface area contributed by atoms with E-state index in [2.05, 4.69) is 0 Å². The Morgan fingerprint density at radius 2 is 1.46 bits per heavy atom. The van der Waals surface area contributed by atoms with E-state index in [9.17, 15) is 12.8 Å². The topological polar surface area (TPSA) is 43.4 Å². The standard InChI is InChI=1S/C23H21FO3S/c1-3-22(18-11-13-20(24)14-12-18)23(19-7-5-4-6-8-19)27-28(25,26)21-15-9-17(2)10-16-21/h4-16H,3H2,1-2H3/b23-22+. The minimum Gasteiger partial charge on any atom is -0.378 e. The van der Waals surface area contributed by atoms with Crippen molar-refractivity contribution in [2.75, 3.05) is 0 Å². The maximum absolute atomic E-state index is 13.4. The Bertz CT molecular complexity index is 1070. The third-order valence-corrected chi connectivity index (χ3v) is 5.59. The number of benzene rings is 3. The van der Waals surface area contributed by atoms with Gasteiger partial charge in [0, 0.05) is 11.1 Å². The molecule has 3 rings (SSSR count). The van der Waals surface area contributed by atoms with Gasteiger partial charge in [0.15, 0.2) is 5.76 Å². The van der Waals surface area contributed by atoms with E-state index in [0.717, 1.165) is 5.56 Å². The van der Waals surface area contributed by atoms with Gasteiger partial charge >= 0.3 is 10.1 Å². The summed E-state index contributed by atoms with van der Waals surface area (Å²) in [6.45, 7) is 3.79. The lowest BCUT2D eigenvalue weighted by Crippen LogP contribution is -2.08. The van der Waals surface area contributed by atoms with Gasteiger partial charge in [-0.05, 0) is 43.2 Å². The summed E-state index contributed by atoms with van der Waals surface area (Å²) in [6.07, 6.45) is 0.513. The highest BCUT2D eigenvalue weighted by molar-refractivity contribution is 7.87. The fourth-order valence-corrected chi connectivity index (χ4v) is 3.85. The van der Waals surface area contributed by atoms with E-state index >= 15 is 0 Å². The summed E-state index contributed by atoms with van der Waals surface area (Å²) in [6, 6.07) is 21.5. The minimum atomic E-state index is -4.03. The fraction of sp³-hybridized carbons (Fsp3) is 0.130. The second-order valence-corrected chi connectivity index (χ2v) is 7.93. The van der Waals surface area contributed by atoms with Gasteiger partial charge in [0.1, 0.15) is 10.7 Å². The maximum Gasteiger partial charge on any atom is 0.339 e. The van der Waals surface area contributed by atoms with E-state index in [4.69, 9.17) is 4.18 Å². The number of rotatable bonds is 6. The van der Waals surface area contributed by atoms with Crippen LogP contribution in [-0.2, 0) is 14.3 Å². The summed E-state index contributed by atoms with van der Waals surface area (Å²) in [5.41, 5.74) is 2.99. The molecule has 3 aromatic rings. The SMILES string of the molecule is CC/C(=C(\OS(=O)(=O)c1ccc(C)cc1)c1ccccc1)c1ccc(F)cc1. The second-order valence-electron chi connectivity index (χ2n) is 6.38. The van der Waals surface area contributed by atoms with Crippen LogP contribution < -0.4 is 0 Å². The van der Waals surface area contributed by atoms with Crippen LogP contribution in [0.4, 0.5) is 4.39 Å². The van der Waals surface area contributed by atoms with E-state index < -0.39 is 10.1 Å². The Labute approximate surface area is 165 Å². The average Bonchev–Trinajstić information content (AvgIpc) is 2.70. The molecule has 0 atom stereocenters. The largest absolute Gasteiger partial charge is 0.378 e. The van der Waals surface area contributed by atoms with Crippen molar-refractivity contribution in [2.24, 2.45) is 0 Å². The third-order valence-electron chi connectivity index (χ3n) is 4.36. The molecular weight excluding hydrogens is 375 g/mol. The van der Waals surface area contributed by atoms with E-state index in [1.165, 1.54) is 24.3 Å². The van der Waals surface area contributed by atoms with E-state index in [-0.39, 0.29) is 16.5 Å². The normalized spacial score (nSPS) is 12.4. The van der Waals surface area contributed by atoms with Gasteiger partial charge in [-0.3, -0.25) is 0 Å². The van der Waals surface area contributed by atoms with Gasteiger partial charge in [-0.1, -0.05) is 67.1 Å². The Kier molecular flexibility index (Phi) is 5.95. The molecular formula is C23H21FO3S. The monoisotopic (exact) mass is 396 g/mol. The van der Waals surface area contributed by atoms with E-state index in [0.29, 0.717) is 23.1 Å². The van der Waals surface area contributed by atoms with Gasteiger partial charge in [0.05, 0.1) is 0 Å². The van der Waals surface area contributed by atoms with E-state index in [1.807, 2.05) is 32.0 Å². The first-order valence-electron chi connectivity index (χ1n) is 8.96. The van der Waals surface area contributed by atoms with Crippen molar-refractivity contribution < 1.29 is 17.0 Å². The van der Waals surface area contributed by atoms with Crippen LogP contribution in [0.2, 0.25) is 0 Å². The molecule has 0 amide bonds. The molecule has 28 heavy (non-hydrogen) atoms. The molecule has 0 radical (unpaired) electrons. The molecule has 0 fully saturated rings. The van der Waals surface area contributed by atoms with Crippen LogP contribution >= 0.6 is 0 Å². The Balaban J connectivity index is 2.14. The average molecular weight is 396 g/mol. The van der Waals surface area contributed by atoms with Gasteiger partial charge in [-0.25, -0.2) is 4.39 Å². The fourth-order valence-electron chi connectivity index (χ4n) is 2.87. The molecule has 144 valence electrons. The first-order chi connectivity index (χ1) is 13.4. The molecule has 0 aliphatic heterocycles. The highest BCUT2D eigenvalue weighted by atomic mass is 32.2. The first kappa shape index (κ1) is 19.8. The predicted octanol–water partition coefficient (Wildman–Crippen LogP) is 5.82. The molecule has 0 aliphatic rings. The number of hydrogen-bond acceptors (Lipinski definition) is 3. The van der Waals surface area contributed by atoms with Gasteiger partial charge in [-0.2, -0.15) is 8.42 Å². The lowest BCUT2D eigenvalue weighted by molar-refractivity contribution is 0.463. The Hall–Kier alpha value is -2.92. The molecule has 0 spiro atoms. The van der Waals surface area contributed by atoms with Crippen LogP contribution in [0.1, 0.15) is 30.0 Å². The number of allylic oxidation sites excluding steroid dienone is 1. The van der Waals surface area contributed by atoms with Crippen LogP contribution in [0.3, 0.4) is 0 Å². The van der Waals surface area contributed by atoms with Gasteiger partial charge < -0.3 is 4.18 Å². The third kappa shape index (κ3) is 4.49. The molecule has 0 unspecified atom stereocenters. The van der Waals surface area contributed by atoms with Crippen molar-refractivity contribution in [3.05, 3.63) is 101 Å². The first-order valence-corrected chi connectivity index (χ1v) is 10.4. The summed E-state index contributed by atoms with van der Waals surface area (Å²) in [5, 5.41) is 0. The maximum atomic E-state index is 13.4. The van der Waals surface area contributed by atoms with Crippen molar-refractivity contribution in [2.45, 2.75) is 25.2 Å². The van der Waals surface area contributed by atoms with Crippen LogP contribution in [0, 0.1) is 12.7 Å². The highest BCUT2D eigenvalue weighted by Gasteiger charge is 2.22. The highest BCUT2D eigenvalue weighted by Crippen LogP contribution is 2.33. The zero-order valence-electron chi connectivity index (χ0n) is 15.7. The lowest BCUT2D eigenvalue weighted by atomic mass is 9.99. The van der Waals surface area contributed by atoms with E-state index in [1.54, 1.807) is 36.4 Å². The zero-order valence-corrected chi connectivity index (χ0v) is 16.5. The number of hydrogen-bond donors (Lipinski definition) is 0. The molecule has 0 bridgehead atoms. The van der Waals surface area contributed by atoms with Crippen molar-refractivity contribution in [3.8, 4) is 0 Å². The molecule has 5 heteroatoms. The Morgan fingerprint density at radius 3 is 2.04 bits per heavy atom. The van der Waals surface area contributed by atoms with Gasteiger partial charge in [0.2, 0.25) is 0 Å². The van der Waals surface area contributed by atoms with Crippen molar-refractivity contribution in [3.63, 3.8) is 0 Å². The summed E-state index contributed by atoms with van der Waals surface area (Å²) >= 11 is 0. The van der Waals surface area contributed by atoms with Gasteiger partial charge in [0.25, 0.3) is 0 Å². The van der Waals surface area contributed by atoms with Crippen molar-refractivity contribution in [1.82, 2.24) is 0 Å². The smallest absolute Gasteiger partial charge is 0.339 e. The summed E-state index contributed by atoms with van der Waals surface area (Å²) in [4.78, 5) is 0.0843. The molecule has 0 heterocycles. The quantitative estimate of drug-likeness (QED) is 0.300. The van der Waals surface area contributed by atoms with Crippen LogP contribution in [-0.4, -0.2) is 8.42 Å². The number of halogens is 1. The van der Waals surface area contributed by atoms with Crippen LogP contribution in [0.25, 0.3) is 11.3 Å². The summed E-state index contributed by atoms with van der Waals surface area (Å²) in [7, 11) is -4.03. The number of aryl methyl sites for hydroxylation is 1. The molecule has 0 saturated heterocycles. The van der Waals surface area contributed by atoms with Crippen molar-refractivity contribution in [1.29, 1.82) is 0 Å².